The van der Waals surface area contributed by atoms with Crippen LogP contribution in [0.25, 0.3) is 10.2 Å². The Labute approximate surface area is 178 Å². The smallest absolute Gasteiger partial charge is 0.279 e. The van der Waals surface area contributed by atoms with E-state index < -0.39 is 0 Å². The van der Waals surface area contributed by atoms with Gasteiger partial charge in [0.1, 0.15) is 5.75 Å². The average Bonchev–Trinajstić information content (AvgIpc) is 3.02. The van der Waals surface area contributed by atoms with Crippen molar-refractivity contribution in [3.8, 4) is 5.75 Å². The molecule has 148 valence electrons. The van der Waals surface area contributed by atoms with E-state index in [0.29, 0.717) is 27.7 Å². The Balaban J connectivity index is 1.94. The third-order valence-electron chi connectivity index (χ3n) is 4.21. The maximum absolute atomic E-state index is 12.8. The minimum Gasteiger partial charge on any atom is -0.494 e. The molecule has 2 aromatic carbocycles. The Bertz CT molecular complexity index is 1030. The fraction of sp³-hybridized carbons (Fsp3) is 0.333. The Morgan fingerprint density at radius 1 is 1.29 bits per heavy atom. The maximum Gasteiger partial charge on any atom is 0.279 e. The van der Waals surface area contributed by atoms with Crippen molar-refractivity contribution in [2.75, 3.05) is 18.6 Å². The number of hydrogen-bond donors (Lipinski definition) is 0. The third kappa shape index (κ3) is 5.19. The van der Waals surface area contributed by atoms with Gasteiger partial charge in [-0.25, -0.2) is 0 Å². The summed E-state index contributed by atoms with van der Waals surface area (Å²) >= 11 is 9.38. The quantitative estimate of drug-likeness (QED) is 0.431. The number of amides is 1. The molecule has 1 amide bonds. The Hall–Kier alpha value is -1.76. The lowest BCUT2D eigenvalue weighted by Gasteiger charge is -2.06. The molecule has 7 heteroatoms. The maximum atomic E-state index is 12.8. The van der Waals surface area contributed by atoms with Crippen molar-refractivity contribution < 1.29 is 9.53 Å². The number of thiazole rings is 1. The number of benzene rings is 2. The lowest BCUT2D eigenvalue weighted by Crippen LogP contribution is -2.18. The number of rotatable bonds is 8. The van der Waals surface area contributed by atoms with Gasteiger partial charge in [-0.1, -0.05) is 42.3 Å². The third-order valence-corrected chi connectivity index (χ3v) is 6.08. The molecule has 28 heavy (non-hydrogen) atoms. The zero-order chi connectivity index (χ0) is 19.9. The van der Waals surface area contributed by atoms with Crippen LogP contribution in [-0.4, -0.2) is 29.1 Å². The van der Waals surface area contributed by atoms with Crippen LogP contribution in [0.5, 0.6) is 5.75 Å². The van der Waals surface area contributed by atoms with Crippen molar-refractivity contribution in [1.29, 1.82) is 0 Å². The van der Waals surface area contributed by atoms with Crippen molar-refractivity contribution in [2.45, 2.75) is 26.3 Å². The van der Waals surface area contributed by atoms with Gasteiger partial charge in [-0.2, -0.15) is 16.8 Å². The summed E-state index contributed by atoms with van der Waals surface area (Å²) in [4.78, 5) is 17.9. The number of carbonyl (C=O) groups is 1. The van der Waals surface area contributed by atoms with Gasteiger partial charge in [0.05, 0.1) is 16.8 Å². The van der Waals surface area contributed by atoms with Gasteiger partial charge in [0.25, 0.3) is 5.91 Å². The van der Waals surface area contributed by atoms with Crippen molar-refractivity contribution >= 4 is 50.8 Å². The first kappa shape index (κ1) is 21.0. The van der Waals surface area contributed by atoms with Crippen LogP contribution in [-0.2, 0) is 6.54 Å². The second-order valence-electron chi connectivity index (χ2n) is 6.29. The van der Waals surface area contributed by atoms with Crippen LogP contribution < -0.4 is 9.54 Å². The number of halogens is 1. The zero-order valence-corrected chi connectivity index (χ0v) is 18.4. The largest absolute Gasteiger partial charge is 0.494 e. The number of thioether (sulfide) groups is 1. The number of aryl methyl sites for hydroxylation is 1. The van der Waals surface area contributed by atoms with Crippen LogP contribution in [0.4, 0.5) is 0 Å². The molecule has 0 aliphatic carbocycles. The van der Waals surface area contributed by atoms with Gasteiger partial charge in [-0.3, -0.25) is 4.79 Å². The molecule has 0 fully saturated rings. The molecule has 0 radical (unpaired) electrons. The van der Waals surface area contributed by atoms with E-state index in [9.17, 15) is 4.79 Å². The lowest BCUT2D eigenvalue weighted by molar-refractivity contribution is 0.0997. The van der Waals surface area contributed by atoms with Crippen molar-refractivity contribution in [3.63, 3.8) is 0 Å². The van der Waals surface area contributed by atoms with E-state index in [4.69, 9.17) is 16.3 Å². The van der Waals surface area contributed by atoms with E-state index in [2.05, 4.69) is 22.7 Å². The Morgan fingerprint density at radius 3 is 2.93 bits per heavy atom. The Kier molecular flexibility index (Phi) is 7.59. The minimum absolute atomic E-state index is 0.267. The molecule has 0 saturated heterocycles. The zero-order valence-electron chi connectivity index (χ0n) is 16.0. The number of carbonyl (C=O) groups excluding carboxylic acids is 1. The van der Waals surface area contributed by atoms with Gasteiger partial charge >= 0.3 is 0 Å². The fourth-order valence-corrected chi connectivity index (χ4v) is 4.43. The van der Waals surface area contributed by atoms with E-state index in [1.54, 1.807) is 23.9 Å². The van der Waals surface area contributed by atoms with Crippen molar-refractivity contribution in [2.24, 2.45) is 4.99 Å². The summed E-state index contributed by atoms with van der Waals surface area (Å²) in [6.45, 7) is 3.55. The molecule has 0 bridgehead atoms. The normalized spacial score (nSPS) is 11.9. The number of aromatic nitrogens is 1. The lowest BCUT2D eigenvalue weighted by atomic mass is 10.2. The molecule has 0 atom stereocenters. The van der Waals surface area contributed by atoms with Crippen LogP contribution in [0.3, 0.4) is 0 Å². The average molecular weight is 435 g/mol. The molecule has 3 rings (SSSR count). The van der Waals surface area contributed by atoms with E-state index >= 15 is 0 Å². The SMILES string of the molecule is CCCCOc1cccc(C(=O)N=c2sc3cc(Cl)ccc3n2CCSC)c1. The molecule has 0 unspecified atom stereocenters. The molecule has 3 aromatic rings. The summed E-state index contributed by atoms with van der Waals surface area (Å²) in [6, 6.07) is 13.0. The van der Waals surface area contributed by atoms with E-state index in [0.717, 1.165) is 35.4 Å². The molecular formula is C21H23ClN2O2S2. The highest BCUT2D eigenvalue weighted by Crippen LogP contribution is 2.22. The number of hydrogen-bond acceptors (Lipinski definition) is 4. The van der Waals surface area contributed by atoms with Crippen LogP contribution in [0.2, 0.25) is 5.02 Å². The summed E-state index contributed by atoms with van der Waals surface area (Å²) in [5.74, 6) is 1.38. The standard InChI is InChI=1S/C21H23ClN2O2S2/c1-3-4-11-26-17-7-5-6-15(13-17)20(25)23-21-24(10-12-27-2)18-9-8-16(22)14-19(18)28-21/h5-9,13-14H,3-4,10-12H2,1-2H3. The fourth-order valence-electron chi connectivity index (χ4n) is 2.74. The summed E-state index contributed by atoms with van der Waals surface area (Å²) in [7, 11) is 0. The first-order valence-electron chi connectivity index (χ1n) is 9.22. The number of unbranched alkanes of at least 4 members (excludes halogenated alkanes) is 1. The summed E-state index contributed by atoms with van der Waals surface area (Å²) in [6.07, 6.45) is 4.13. The topological polar surface area (TPSA) is 43.6 Å². The van der Waals surface area contributed by atoms with Gasteiger partial charge in [-0.15, -0.1) is 0 Å². The molecule has 0 saturated carbocycles. The van der Waals surface area contributed by atoms with Crippen molar-refractivity contribution in [3.05, 3.63) is 57.9 Å². The van der Waals surface area contributed by atoms with Crippen LogP contribution in [0, 0.1) is 0 Å². The van der Waals surface area contributed by atoms with Crippen LogP contribution in [0.1, 0.15) is 30.1 Å². The molecule has 4 nitrogen and oxygen atoms in total. The van der Waals surface area contributed by atoms with E-state index in [1.807, 2.05) is 30.3 Å². The van der Waals surface area contributed by atoms with E-state index in [1.165, 1.54) is 11.3 Å². The molecule has 0 spiro atoms. The number of ether oxygens (including phenoxy) is 1. The number of nitrogens with zero attached hydrogens (tertiary/aromatic N) is 2. The number of fused-ring (bicyclic) bond motifs is 1. The minimum atomic E-state index is -0.267. The van der Waals surface area contributed by atoms with Crippen LogP contribution >= 0.6 is 34.7 Å². The van der Waals surface area contributed by atoms with Gasteiger partial charge in [-0.05, 0) is 49.1 Å². The highest BCUT2D eigenvalue weighted by molar-refractivity contribution is 7.98. The summed E-state index contributed by atoms with van der Waals surface area (Å²) in [5, 5.41) is 0.681. The second-order valence-corrected chi connectivity index (χ2v) is 8.72. The van der Waals surface area contributed by atoms with E-state index in [-0.39, 0.29) is 5.91 Å². The van der Waals surface area contributed by atoms with Gasteiger partial charge < -0.3 is 9.30 Å². The molecule has 0 N–H and O–H groups in total. The highest BCUT2D eigenvalue weighted by atomic mass is 35.5. The summed E-state index contributed by atoms with van der Waals surface area (Å²) < 4.78 is 8.83. The molecule has 1 aromatic heterocycles. The summed E-state index contributed by atoms with van der Waals surface area (Å²) in [5.41, 5.74) is 1.58. The van der Waals surface area contributed by atoms with Crippen molar-refractivity contribution in [1.82, 2.24) is 4.57 Å². The Morgan fingerprint density at radius 2 is 2.14 bits per heavy atom. The molecule has 0 aliphatic rings. The van der Waals surface area contributed by atoms with Gasteiger partial charge in [0.2, 0.25) is 0 Å². The molecule has 1 heterocycles. The molecular weight excluding hydrogens is 412 g/mol. The predicted molar refractivity (Wildman–Crippen MR) is 120 cm³/mol. The second kappa shape index (κ2) is 10.1. The first-order chi connectivity index (χ1) is 13.6. The van der Waals surface area contributed by atoms with Gasteiger partial charge in [0, 0.05) is 22.9 Å². The highest BCUT2D eigenvalue weighted by Gasteiger charge is 2.10. The predicted octanol–water partition coefficient (Wildman–Crippen LogP) is 5.64. The van der Waals surface area contributed by atoms with Gasteiger partial charge in [0.15, 0.2) is 4.80 Å². The first-order valence-corrected chi connectivity index (χ1v) is 11.8. The molecule has 0 aliphatic heterocycles. The van der Waals surface area contributed by atoms with Crippen LogP contribution in [0.15, 0.2) is 47.5 Å². The monoisotopic (exact) mass is 434 g/mol.